The second kappa shape index (κ2) is 18.6. The van der Waals surface area contributed by atoms with Crippen LogP contribution in [0.1, 0.15) is 62.4 Å². The van der Waals surface area contributed by atoms with Crippen molar-refractivity contribution in [2.45, 2.75) is 59.0 Å². The molecule has 2 aromatic carbocycles. The molecule has 0 aliphatic carbocycles. The number of ether oxygens (including phenoxy) is 3. The van der Waals surface area contributed by atoms with Crippen LogP contribution in [0.3, 0.4) is 0 Å². The van der Waals surface area contributed by atoms with E-state index in [0.717, 1.165) is 35.6 Å². The molecule has 4 amide bonds. The Morgan fingerprint density at radius 1 is 1.00 bits per heavy atom. The second-order valence-electron chi connectivity index (χ2n) is 14.5. The van der Waals surface area contributed by atoms with E-state index in [1.54, 1.807) is 40.3 Å². The summed E-state index contributed by atoms with van der Waals surface area (Å²) in [5.41, 5.74) is 2.13. The Labute approximate surface area is 317 Å². The lowest BCUT2D eigenvalue weighted by molar-refractivity contribution is -0.139. The van der Waals surface area contributed by atoms with E-state index in [0.29, 0.717) is 41.7 Å². The molecule has 3 aliphatic rings. The molecule has 0 radical (unpaired) electrons. The number of piperidine rings is 1. The van der Waals surface area contributed by atoms with Gasteiger partial charge in [-0.1, -0.05) is 37.4 Å². The van der Waals surface area contributed by atoms with E-state index in [2.05, 4.69) is 22.5 Å². The second-order valence-corrected chi connectivity index (χ2v) is 14.9. The fourth-order valence-electron chi connectivity index (χ4n) is 7.67. The first-order valence-electron chi connectivity index (χ1n) is 18.7. The zero-order chi connectivity index (χ0) is 38.1. The largest absolute Gasteiger partial charge is 0.493 e. The number of benzene rings is 2. The van der Waals surface area contributed by atoms with Crippen molar-refractivity contribution in [3.05, 3.63) is 58.7 Å². The Bertz CT molecular complexity index is 1740. The number of hydrogen-bond acceptors (Lipinski definition) is 7. The van der Waals surface area contributed by atoms with Gasteiger partial charge in [0.05, 0.1) is 32.1 Å². The molecule has 12 nitrogen and oxygen atoms in total. The van der Waals surface area contributed by atoms with E-state index >= 15 is 0 Å². The van der Waals surface area contributed by atoms with Crippen molar-refractivity contribution in [2.75, 3.05) is 60.1 Å². The van der Waals surface area contributed by atoms with E-state index in [4.69, 9.17) is 25.8 Å². The third-order valence-electron chi connectivity index (χ3n) is 10.4. The first kappa shape index (κ1) is 39.9. The third kappa shape index (κ3) is 10.2. The van der Waals surface area contributed by atoms with Gasteiger partial charge in [-0.3, -0.25) is 19.2 Å². The van der Waals surface area contributed by atoms with Crippen LogP contribution >= 0.6 is 11.6 Å². The molecule has 1 aromatic heterocycles. The highest BCUT2D eigenvalue weighted by atomic mass is 35.5. The number of nitrogens with one attached hydrogen (secondary N) is 3. The zero-order valence-corrected chi connectivity index (χ0v) is 32.3. The van der Waals surface area contributed by atoms with E-state index in [1.165, 1.54) is 39.8 Å². The highest BCUT2D eigenvalue weighted by Gasteiger charge is 2.48. The van der Waals surface area contributed by atoms with Gasteiger partial charge >= 0.3 is 0 Å². The molecular formula is C40H54ClN5O7. The topological polar surface area (TPSA) is 142 Å². The molecular weight excluding hydrogens is 698 g/mol. The molecule has 0 bridgehead atoms. The van der Waals surface area contributed by atoms with Gasteiger partial charge in [-0.25, -0.2) is 0 Å². The maximum Gasteiger partial charge on any atom is 0.254 e. The summed E-state index contributed by atoms with van der Waals surface area (Å²) in [7, 11) is 3.03. The molecule has 3 N–H and O–H groups in total. The summed E-state index contributed by atoms with van der Waals surface area (Å²) in [6, 6.07) is 10.6. The maximum atomic E-state index is 13.7. The van der Waals surface area contributed by atoms with Crippen LogP contribution < -0.4 is 20.1 Å². The number of hydrogen-bond donors (Lipinski definition) is 3. The minimum atomic E-state index is -0.585. The van der Waals surface area contributed by atoms with Crippen LogP contribution in [0.15, 0.2) is 42.6 Å². The molecule has 288 valence electrons. The van der Waals surface area contributed by atoms with Gasteiger partial charge < -0.3 is 39.6 Å². The first-order valence-corrected chi connectivity index (χ1v) is 19.1. The van der Waals surface area contributed by atoms with Crippen molar-refractivity contribution in [1.82, 2.24) is 25.4 Å². The molecule has 0 spiro atoms. The summed E-state index contributed by atoms with van der Waals surface area (Å²) >= 11 is 6.12. The Morgan fingerprint density at radius 2 is 1.75 bits per heavy atom. The average molecular weight is 752 g/mol. The summed E-state index contributed by atoms with van der Waals surface area (Å²) in [5.74, 6) is 0.190. The molecule has 4 heterocycles. The SMILES string of the molecule is CCCC1CCOCC1.CNC(=O)CNC(=O)C1CN(C(=O)Cc2c[nH]c3cc(Cl)ccc23)CC2CN(C(=O)c3ccc(OC(C)C)c(OC)c3)CC21. The highest BCUT2D eigenvalue weighted by molar-refractivity contribution is 6.31. The highest BCUT2D eigenvalue weighted by Crippen LogP contribution is 2.37. The lowest BCUT2D eigenvalue weighted by atomic mass is 9.79. The lowest BCUT2D eigenvalue weighted by Gasteiger charge is -2.39. The number of carbonyl (C=O) groups is 4. The van der Waals surface area contributed by atoms with E-state index in [1.807, 2.05) is 26.0 Å². The molecule has 3 unspecified atom stereocenters. The molecule has 0 saturated carbocycles. The first-order chi connectivity index (χ1) is 25.5. The van der Waals surface area contributed by atoms with Gasteiger partial charge in [0.2, 0.25) is 17.7 Å². The number of methoxy groups -OCH3 is 1. The van der Waals surface area contributed by atoms with E-state index in [-0.39, 0.29) is 61.1 Å². The Morgan fingerprint density at radius 3 is 2.45 bits per heavy atom. The summed E-state index contributed by atoms with van der Waals surface area (Å²) in [6.45, 7) is 9.31. The summed E-state index contributed by atoms with van der Waals surface area (Å²) in [6.07, 6.45) is 7.24. The smallest absolute Gasteiger partial charge is 0.254 e. The molecule has 3 fully saturated rings. The number of likely N-dealkylation sites (N-methyl/N-ethyl adjacent to an activating group) is 1. The van der Waals surface area contributed by atoms with Gasteiger partial charge in [-0.15, -0.1) is 0 Å². The van der Waals surface area contributed by atoms with Gasteiger partial charge in [-0.2, -0.15) is 0 Å². The number of aromatic nitrogens is 1. The summed E-state index contributed by atoms with van der Waals surface area (Å²) in [4.78, 5) is 59.2. The molecule has 3 aromatic rings. The number of H-pyrrole nitrogens is 1. The number of rotatable bonds is 11. The lowest BCUT2D eigenvalue weighted by Crippen LogP contribution is -2.54. The monoisotopic (exact) mass is 751 g/mol. The Hall–Kier alpha value is -4.29. The van der Waals surface area contributed by atoms with Gasteiger partial charge in [0.25, 0.3) is 5.91 Å². The van der Waals surface area contributed by atoms with Crippen LogP contribution in [0.25, 0.3) is 10.9 Å². The normalized spacial score (nSPS) is 20.0. The number of amides is 4. The van der Waals surface area contributed by atoms with Crippen molar-refractivity contribution in [3.63, 3.8) is 0 Å². The number of aromatic amines is 1. The Balaban J connectivity index is 0.000000526. The minimum Gasteiger partial charge on any atom is -0.493 e. The third-order valence-corrected chi connectivity index (χ3v) is 10.7. The van der Waals surface area contributed by atoms with Crippen molar-refractivity contribution < 1.29 is 33.4 Å². The number of likely N-dealkylation sites (tertiary alicyclic amines) is 2. The van der Waals surface area contributed by atoms with Crippen LogP contribution in [0.2, 0.25) is 5.02 Å². The number of halogens is 1. The molecule has 13 heteroatoms. The van der Waals surface area contributed by atoms with Crippen molar-refractivity contribution >= 4 is 46.1 Å². The minimum absolute atomic E-state index is 0.0567. The molecule has 6 rings (SSSR count). The molecule has 3 atom stereocenters. The molecule has 53 heavy (non-hydrogen) atoms. The molecule has 3 saturated heterocycles. The van der Waals surface area contributed by atoms with Crippen molar-refractivity contribution in [2.24, 2.45) is 23.7 Å². The standard InChI is InChI=1S/C32H38ClN5O6.C8H16O/c1-18(2)44-27-8-5-19(9-28(27)43-4)32(42)38-15-21-14-37(17-25(24(21)16-38)31(41)36-13-29(39)34-3)30(40)10-20-12-35-26-11-22(33)6-7-23(20)26;1-2-3-8-4-6-9-7-5-8/h5-9,11-12,18,21,24-25,35H,10,13-17H2,1-4H3,(H,34,39)(H,36,41);8H,2-7H2,1H3. The van der Waals surface area contributed by atoms with E-state index in [9.17, 15) is 19.2 Å². The van der Waals surface area contributed by atoms with Crippen LogP contribution in [-0.4, -0.2) is 105 Å². The average Bonchev–Trinajstić information content (AvgIpc) is 3.77. The number of fused-ring (bicyclic) bond motifs is 2. The predicted molar refractivity (Wildman–Crippen MR) is 204 cm³/mol. The van der Waals surface area contributed by atoms with Gasteiger partial charge in [0, 0.05) is 74.1 Å². The van der Waals surface area contributed by atoms with Gasteiger partial charge in [-0.05, 0) is 80.3 Å². The summed E-state index contributed by atoms with van der Waals surface area (Å²) < 4.78 is 16.5. The summed E-state index contributed by atoms with van der Waals surface area (Å²) in [5, 5.41) is 6.74. The number of carbonyl (C=O) groups excluding carboxylic acids is 4. The van der Waals surface area contributed by atoms with Crippen LogP contribution in [0.5, 0.6) is 11.5 Å². The van der Waals surface area contributed by atoms with Gasteiger partial charge in [0.15, 0.2) is 11.5 Å². The molecule has 3 aliphatic heterocycles. The van der Waals surface area contributed by atoms with Crippen molar-refractivity contribution in [3.8, 4) is 11.5 Å². The van der Waals surface area contributed by atoms with E-state index < -0.39 is 5.92 Å². The predicted octanol–water partition coefficient (Wildman–Crippen LogP) is 5.08. The van der Waals surface area contributed by atoms with Crippen LogP contribution in [0.4, 0.5) is 0 Å². The fourth-order valence-corrected chi connectivity index (χ4v) is 7.84. The van der Waals surface area contributed by atoms with Crippen molar-refractivity contribution in [1.29, 1.82) is 0 Å². The maximum absolute atomic E-state index is 13.7. The fraction of sp³-hybridized carbons (Fsp3) is 0.550. The zero-order valence-electron chi connectivity index (χ0n) is 31.5. The number of nitrogens with zero attached hydrogens (tertiary/aromatic N) is 2. The quantitative estimate of drug-likeness (QED) is 0.248. The van der Waals surface area contributed by atoms with Crippen LogP contribution in [0, 0.1) is 23.7 Å². The van der Waals surface area contributed by atoms with Crippen LogP contribution in [-0.2, 0) is 25.5 Å². The Kier molecular flexibility index (Phi) is 14.0. The van der Waals surface area contributed by atoms with Gasteiger partial charge in [0.1, 0.15) is 0 Å².